The van der Waals surface area contributed by atoms with Gasteiger partial charge in [0.1, 0.15) is 9.88 Å². The van der Waals surface area contributed by atoms with Crippen molar-refractivity contribution < 1.29 is 23.1 Å². The number of alkyl halides is 3. The predicted octanol–water partition coefficient (Wildman–Crippen LogP) is 5.18. The Bertz CT molecular complexity index is 853. The molecule has 0 aliphatic heterocycles. The summed E-state index contributed by atoms with van der Waals surface area (Å²) in [5, 5.41) is 13.5. The number of rotatable bonds is 4. The molecule has 3 rings (SSSR count). The minimum absolute atomic E-state index is 0.107. The van der Waals surface area contributed by atoms with Gasteiger partial charge in [0.2, 0.25) is 0 Å². The van der Waals surface area contributed by atoms with E-state index in [1.54, 1.807) is 0 Å². The number of thiazole rings is 1. The number of benzene rings is 1. The molecule has 124 valence electrons. The van der Waals surface area contributed by atoms with E-state index in [4.69, 9.17) is 0 Å². The topological polar surface area (TPSA) is 50.2 Å². The van der Waals surface area contributed by atoms with Gasteiger partial charge in [-0.25, -0.2) is 9.78 Å². The average molecular weight is 369 g/mol. The minimum Gasteiger partial charge on any atom is -0.477 e. The third kappa shape index (κ3) is 3.49. The van der Waals surface area contributed by atoms with Crippen molar-refractivity contribution in [3.8, 4) is 10.6 Å². The number of aromatic nitrogens is 1. The van der Waals surface area contributed by atoms with E-state index < -0.39 is 17.7 Å². The van der Waals surface area contributed by atoms with Crippen molar-refractivity contribution in [2.75, 3.05) is 0 Å². The van der Waals surface area contributed by atoms with Crippen LogP contribution in [0.15, 0.2) is 41.1 Å². The van der Waals surface area contributed by atoms with E-state index >= 15 is 0 Å². The number of carboxylic acids is 1. The zero-order valence-corrected chi connectivity index (χ0v) is 13.6. The van der Waals surface area contributed by atoms with Crippen LogP contribution in [0.1, 0.15) is 26.5 Å². The van der Waals surface area contributed by atoms with E-state index in [1.807, 2.05) is 16.8 Å². The van der Waals surface area contributed by atoms with Crippen LogP contribution in [-0.4, -0.2) is 16.1 Å². The fourth-order valence-electron chi connectivity index (χ4n) is 2.15. The summed E-state index contributed by atoms with van der Waals surface area (Å²) < 4.78 is 37.9. The van der Waals surface area contributed by atoms with Gasteiger partial charge in [-0.1, -0.05) is 12.1 Å². The second-order valence-corrected chi connectivity index (χ2v) is 6.76. The number of thiophene rings is 1. The van der Waals surface area contributed by atoms with Crippen molar-refractivity contribution in [1.29, 1.82) is 0 Å². The lowest BCUT2D eigenvalue weighted by Gasteiger charge is -2.06. The maximum atomic E-state index is 12.6. The largest absolute Gasteiger partial charge is 0.477 e. The summed E-state index contributed by atoms with van der Waals surface area (Å²) >= 11 is 2.47. The Labute approximate surface area is 143 Å². The van der Waals surface area contributed by atoms with Crippen LogP contribution in [0, 0.1) is 0 Å². The minimum atomic E-state index is -4.41. The molecular weight excluding hydrogens is 359 g/mol. The number of carbonyl (C=O) groups is 1. The van der Waals surface area contributed by atoms with Crippen molar-refractivity contribution in [2.24, 2.45) is 0 Å². The SMILES string of the molecule is O=C(O)c1sc(-c2ccc(C(F)(F)F)cc2)nc1Cc1ccsc1. The highest BCUT2D eigenvalue weighted by Gasteiger charge is 2.30. The van der Waals surface area contributed by atoms with E-state index in [2.05, 4.69) is 4.98 Å². The first-order valence-corrected chi connectivity index (χ1v) is 8.52. The van der Waals surface area contributed by atoms with Crippen molar-refractivity contribution in [3.05, 3.63) is 62.8 Å². The molecule has 1 N–H and O–H groups in total. The molecule has 0 saturated heterocycles. The van der Waals surface area contributed by atoms with Crippen molar-refractivity contribution >= 4 is 28.6 Å². The van der Waals surface area contributed by atoms with Gasteiger partial charge in [0.25, 0.3) is 0 Å². The van der Waals surface area contributed by atoms with E-state index in [-0.39, 0.29) is 4.88 Å². The van der Waals surface area contributed by atoms with Gasteiger partial charge in [-0.15, -0.1) is 11.3 Å². The molecule has 0 radical (unpaired) electrons. The molecule has 0 fully saturated rings. The summed E-state index contributed by atoms with van der Waals surface area (Å²) in [6.45, 7) is 0. The van der Waals surface area contributed by atoms with Crippen molar-refractivity contribution in [1.82, 2.24) is 4.98 Å². The first-order chi connectivity index (χ1) is 11.3. The van der Waals surface area contributed by atoms with Gasteiger partial charge in [0, 0.05) is 12.0 Å². The monoisotopic (exact) mass is 369 g/mol. The van der Waals surface area contributed by atoms with Crippen molar-refractivity contribution in [2.45, 2.75) is 12.6 Å². The molecule has 8 heteroatoms. The Hall–Kier alpha value is -2.19. The molecule has 0 saturated carbocycles. The van der Waals surface area contributed by atoms with Crippen LogP contribution in [-0.2, 0) is 12.6 Å². The molecule has 2 aromatic heterocycles. The van der Waals surface area contributed by atoms with E-state index in [1.165, 1.54) is 23.5 Å². The van der Waals surface area contributed by atoms with Gasteiger partial charge in [-0.2, -0.15) is 24.5 Å². The second kappa shape index (κ2) is 6.37. The molecular formula is C16H10F3NO2S2. The van der Waals surface area contributed by atoms with E-state index in [0.29, 0.717) is 22.7 Å². The van der Waals surface area contributed by atoms with Crippen LogP contribution in [0.25, 0.3) is 10.6 Å². The molecule has 0 aliphatic rings. The molecule has 0 atom stereocenters. The quantitative estimate of drug-likeness (QED) is 0.689. The average Bonchev–Trinajstić information content (AvgIpc) is 3.16. The van der Waals surface area contributed by atoms with Crippen LogP contribution >= 0.6 is 22.7 Å². The van der Waals surface area contributed by atoms with Crippen LogP contribution < -0.4 is 0 Å². The fraction of sp³-hybridized carbons (Fsp3) is 0.125. The Morgan fingerprint density at radius 3 is 2.42 bits per heavy atom. The number of carboxylic acid groups (broad SMARTS) is 1. The fourth-order valence-corrected chi connectivity index (χ4v) is 3.75. The zero-order chi connectivity index (χ0) is 17.3. The number of hydrogen-bond donors (Lipinski definition) is 1. The number of aromatic carboxylic acids is 1. The maximum absolute atomic E-state index is 12.6. The number of halogens is 3. The molecule has 0 unspecified atom stereocenters. The molecule has 0 bridgehead atoms. The molecule has 3 aromatic rings. The van der Waals surface area contributed by atoms with Crippen molar-refractivity contribution in [3.63, 3.8) is 0 Å². The molecule has 24 heavy (non-hydrogen) atoms. The Morgan fingerprint density at radius 1 is 1.17 bits per heavy atom. The first kappa shape index (κ1) is 16.7. The number of nitrogens with zero attached hydrogens (tertiary/aromatic N) is 1. The zero-order valence-electron chi connectivity index (χ0n) is 12.0. The van der Waals surface area contributed by atoms with Gasteiger partial charge in [-0.3, -0.25) is 0 Å². The third-order valence-corrected chi connectivity index (χ3v) is 5.17. The lowest BCUT2D eigenvalue weighted by molar-refractivity contribution is -0.137. The molecule has 0 aliphatic carbocycles. The van der Waals surface area contributed by atoms with E-state index in [9.17, 15) is 23.1 Å². The highest BCUT2D eigenvalue weighted by Crippen LogP contribution is 2.33. The van der Waals surface area contributed by atoms with Crippen LogP contribution in [0.2, 0.25) is 0 Å². The van der Waals surface area contributed by atoms with Crippen LogP contribution in [0.3, 0.4) is 0 Å². The van der Waals surface area contributed by atoms with Crippen LogP contribution in [0.5, 0.6) is 0 Å². The Balaban J connectivity index is 1.95. The Kier molecular flexibility index (Phi) is 4.42. The smallest absolute Gasteiger partial charge is 0.416 e. The molecule has 1 aromatic carbocycles. The summed E-state index contributed by atoms with van der Waals surface area (Å²) in [7, 11) is 0. The standard InChI is InChI=1S/C16H10F3NO2S2/c17-16(18,19)11-3-1-10(2-4-11)14-20-12(13(24-14)15(21)22)7-9-5-6-23-8-9/h1-6,8H,7H2,(H,21,22). The van der Waals surface area contributed by atoms with Crippen LogP contribution in [0.4, 0.5) is 13.2 Å². The maximum Gasteiger partial charge on any atom is 0.416 e. The number of hydrogen-bond acceptors (Lipinski definition) is 4. The molecule has 0 amide bonds. The summed E-state index contributed by atoms with van der Waals surface area (Å²) in [6, 6.07) is 6.43. The highest BCUT2D eigenvalue weighted by atomic mass is 32.1. The normalized spacial score (nSPS) is 11.6. The highest BCUT2D eigenvalue weighted by molar-refractivity contribution is 7.17. The first-order valence-electron chi connectivity index (χ1n) is 6.76. The van der Waals surface area contributed by atoms with Gasteiger partial charge in [0.05, 0.1) is 11.3 Å². The Morgan fingerprint density at radius 2 is 1.88 bits per heavy atom. The van der Waals surface area contributed by atoms with Gasteiger partial charge in [0.15, 0.2) is 0 Å². The lowest BCUT2D eigenvalue weighted by Crippen LogP contribution is -2.03. The molecule has 3 nitrogen and oxygen atoms in total. The van der Waals surface area contributed by atoms with Gasteiger partial charge < -0.3 is 5.11 Å². The van der Waals surface area contributed by atoms with Gasteiger partial charge in [-0.05, 0) is 34.5 Å². The van der Waals surface area contributed by atoms with Gasteiger partial charge >= 0.3 is 12.1 Å². The second-order valence-electron chi connectivity index (χ2n) is 4.98. The molecule has 2 heterocycles. The van der Waals surface area contributed by atoms with E-state index in [0.717, 1.165) is 29.0 Å². The summed E-state index contributed by atoms with van der Waals surface area (Å²) in [4.78, 5) is 15.8. The summed E-state index contributed by atoms with van der Waals surface area (Å²) in [5.41, 5.74) is 1.08. The summed E-state index contributed by atoms with van der Waals surface area (Å²) in [5.74, 6) is -1.09. The molecule has 0 spiro atoms. The predicted molar refractivity (Wildman–Crippen MR) is 86.6 cm³/mol. The summed E-state index contributed by atoms with van der Waals surface area (Å²) in [6.07, 6.45) is -4.03. The third-order valence-electron chi connectivity index (χ3n) is 3.30. The lowest BCUT2D eigenvalue weighted by atomic mass is 10.1.